The monoisotopic (exact) mass is 504 g/mol. The first kappa shape index (κ1) is 23.7. The summed E-state index contributed by atoms with van der Waals surface area (Å²) in [6, 6.07) is 35.8. The highest BCUT2D eigenvalue weighted by molar-refractivity contribution is 6.30. The standard InChI is InChI=1S/C33H29ClN2O/c1-23(29-20-28(34)19-24-17-18-31(37)32(24)29)30-21-36(22-35-30)33(25-11-5-2-6-12-25,26-13-7-3-8-14-26)27-15-9-4-10-16-27/h2-16,19-23,31,37H,17-18H2,1H3. The van der Waals surface area contributed by atoms with Gasteiger partial charge in [-0.15, -0.1) is 0 Å². The summed E-state index contributed by atoms with van der Waals surface area (Å²) in [5.41, 5.74) is 7.03. The van der Waals surface area contributed by atoms with Crippen LogP contribution in [0, 0.1) is 0 Å². The van der Waals surface area contributed by atoms with Crippen LogP contribution in [0.1, 0.15) is 64.4 Å². The van der Waals surface area contributed by atoms with Gasteiger partial charge in [0.25, 0.3) is 0 Å². The number of halogens is 1. The van der Waals surface area contributed by atoms with Crippen molar-refractivity contribution in [2.24, 2.45) is 0 Å². The molecule has 0 saturated carbocycles. The van der Waals surface area contributed by atoms with Crippen molar-refractivity contribution in [1.82, 2.24) is 9.55 Å². The Balaban J connectivity index is 1.56. The third-order valence-electron chi connectivity index (χ3n) is 7.76. The van der Waals surface area contributed by atoms with E-state index in [4.69, 9.17) is 16.6 Å². The first-order chi connectivity index (χ1) is 18.1. The van der Waals surface area contributed by atoms with Crippen molar-refractivity contribution in [3.05, 3.63) is 160 Å². The van der Waals surface area contributed by atoms with Crippen LogP contribution in [0.5, 0.6) is 0 Å². The van der Waals surface area contributed by atoms with Gasteiger partial charge in [-0.25, -0.2) is 4.98 Å². The molecule has 184 valence electrons. The normalized spacial score (nSPS) is 15.9. The van der Waals surface area contributed by atoms with Gasteiger partial charge in [-0.3, -0.25) is 0 Å². The molecule has 1 aliphatic carbocycles. The van der Waals surface area contributed by atoms with Crippen LogP contribution >= 0.6 is 11.6 Å². The quantitative estimate of drug-likeness (QED) is 0.243. The molecule has 1 aliphatic rings. The van der Waals surface area contributed by atoms with Crippen molar-refractivity contribution in [3.8, 4) is 0 Å². The number of aromatic nitrogens is 2. The molecule has 5 aromatic rings. The summed E-state index contributed by atoms with van der Waals surface area (Å²) in [7, 11) is 0. The molecule has 2 unspecified atom stereocenters. The molecule has 0 saturated heterocycles. The van der Waals surface area contributed by atoms with Crippen LogP contribution in [0.4, 0.5) is 0 Å². The molecular weight excluding hydrogens is 476 g/mol. The summed E-state index contributed by atoms with van der Waals surface area (Å²) in [6.45, 7) is 2.15. The minimum Gasteiger partial charge on any atom is -0.388 e. The first-order valence-corrected chi connectivity index (χ1v) is 13.2. The van der Waals surface area contributed by atoms with Crippen molar-refractivity contribution >= 4 is 11.6 Å². The number of imidazole rings is 1. The molecule has 6 rings (SSSR count). The zero-order chi connectivity index (χ0) is 25.4. The Morgan fingerprint density at radius 2 is 1.41 bits per heavy atom. The lowest BCUT2D eigenvalue weighted by molar-refractivity contribution is 0.179. The number of fused-ring (bicyclic) bond motifs is 1. The Labute approximate surface area is 223 Å². The van der Waals surface area contributed by atoms with Gasteiger partial charge in [0.1, 0.15) is 5.54 Å². The lowest BCUT2D eigenvalue weighted by Crippen LogP contribution is -2.37. The molecule has 37 heavy (non-hydrogen) atoms. The first-order valence-electron chi connectivity index (χ1n) is 12.8. The van der Waals surface area contributed by atoms with E-state index in [0.29, 0.717) is 5.02 Å². The number of aliphatic hydroxyl groups excluding tert-OH is 1. The molecule has 0 amide bonds. The predicted molar refractivity (Wildman–Crippen MR) is 149 cm³/mol. The molecule has 1 heterocycles. The lowest BCUT2D eigenvalue weighted by atomic mass is 9.76. The number of rotatable bonds is 6. The molecule has 0 fully saturated rings. The van der Waals surface area contributed by atoms with Gasteiger partial charge < -0.3 is 9.67 Å². The van der Waals surface area contributed by atoms with E-state index in [1.54, 1.807) is 0 Å². The average molecular weight is 505 g/mol. The van der Waals surface area contributed by atoms with E-state index in [2.05, 4.69) is 109 Å². The Hall–Kier alpha value is -3.66. The van der Waals surface area contributed by atoms with Crippen molar-refractivity contribution in [2.75, 3.05) is 0 Å². The van der Waals surface area contributed by atoms with Crippen molar-refractivity contribution < 1.29 is 5.11 Å². The van der Waals surface area contributed by atoms with Crippen molar-refractivity contribution in [2.45, 2.75) is 37.3 Å². The van der Waals surface area contributed by atoms with Gasteiger partial charge in [-0.2, -0.15) is 0 Å². The van der Waals surface area contributed by atoms with Gasteiger partial charge in [0.05, 0.1) is 18.1 Å². The Morgan fingerprint density at radius 1 is 0.865 bits per heavy atom. The summed E-state index contributed by atoms with van der Waals surface area (Å²) in [6.07, 6.45) is 5.24. The number of aryl methyl sites for hydroxylation is 1. The average Bonchev–Trinajstić information content (AvgIpc) is 3.58. The van der Waals surface area contributed by atoms with E-state index in [0.717, 1.165) is 51.9 Å². The molecule has 3 nitrogen and oxygen atoms in total. The summed E-state index contributed by atoms with van der Waals surface area (Å²) >= 11 is 6.52. The van der Waals surface area contributed by atoms with E-state index < -0.39 is 11.6 Å². The van der Waals surface area contributed by atoms with E-state index in [-0.39, 0.29) is 5.92 Å². The van der Waals surface area contributed by atoms with Crippen LogP contribution in [0.15, 0.2) is 116 Å². The number of hydrogen-bond donors (Lipinski definition) is 1. The maximum atomic E-state index is 10.8. The second-order valence-corrected chi connectivity index (χ2v) is 10.3. The minimum atomic E-state index is -0.607. The summed E-state index contributed by atoms with van der Waals surface area (Å²) in [4.78, 5) is 4.95. The zero-order valence-electron chi connectivity index (χ0n) is 20.8. The smallest absolute Gasteiger partial charge is 0.121 e. The van der Waals surface area contributed by atoms with E-state index >= 15 is 0 Å². The molecular formula is C33H29ClN2O. The zero-order valence-corrected chi connectivity index (χ0v) is 21.5. The molecule has 0 spiro atoms. The Morgan fingerprint density at radius 3 is 1.95 bits per heavy atom. The number of hydrogen-bond acceptors (Lipinski definition) is 2. The van der Waals surface area contributed by atoms with Gasteiger partial charge in [-0.05, 0) is 58.4 Å². The van der Waals surface area contributed by atoms with Crippen LogP contribution < -0.4 is 0 Å². The maximum Gasteiger partial charge on any atom is 0.121 e. The molecule has 0 aliphatic heterocycles. The molecule has 4 heteroatoms. The third-order valence-corrected chi connectivity index (χ3v) is 7.98. The Bertz CT molecular complexity index is 1420. The highest BCUT2D eigenvalue weighted by atomic mass is 35.5. The van der Waals surface area contributed by atoms with Gasteiger partial charge >= 0.3 is 0 Å². The number of nitrogens with zero attached hydrogens (tertiary/aromatic N) is 2. The SMILES string of the molecule is CC(c1cn(C(c2ccccc2)(c2ccccc2)c2ccccc2)cn1)c1cc(Cl)cc2c1C(O)CC2. The van der Waals surface area contributed by atoms with Gasteiger partial charge in [0.2, 0.25) is 0 Å². The fourth-order valence-electron chi connectivity index (χ4n) is 6.00. The predicted octanol–water partition coefficient (Wildman–Crippen LogP) is 7.51. The minimum absolute atomic E-state index is 0.0264. The topological polar surface area (TPSA) is 38.0 Å². The molecule has 0 bridgehead atoms. The van der Waals surface area contributed by atoms with E-state index in [1.807, 2.05) is 18.5 Å². The van der Waals surface area contributed by atoms with Gasteiger partial charge in [0, 0.05) is 17.1 Å². The number of benzene rings is 4. The highest BCUT2D eigenvalue weighted by Gasteiger charge is 2.39. The summed E-state index contributed by atoms with van der Waals surface area (Å²) in [5.74, 6) is -0.0264. The van der Waals surface area contributed by atoms with Crippen LogP contribution in [-0.2, 0) is 12.0 Å². The maximum absolute atomic E-state index is 10.8. The molecule has 0 radical (unpaired) electrons. The fourth-order valence-corrected chi connectivity index (χ4v) is 6.24. The Kier molecular flexibility index (Phi) is 6.19. The number of aliphatic hydroxyl groups is 1. The summed E-state index contributed by atoms with van der Waals surface area (Å²) in [5, 5.41) is 11.5. The second kappa shape index (κ2) is 9.66. The summed E-state index contributed by atoms with van der Waals surface area (Å²) < 4.78 is 2.24. The van der Waals surface area contributed by atoms with Crippen LogP contribution in [0.2, 0.25) is 5.02 Å². The molecule has 1 aromatic heterocycles. The largest absolute Gasteiger partial charge is 0.388 e. The van der Waals surface area contributed by atoms with Crippen LogP contribution in [0.3, 0.4) is 0 Å². The fraction of sp³-hybridized carbons (Fsp3) is 0.182. The van der Waals surface area contributed by atoms with Crippen molar-refractivity contribution in [3.63, 3.8) is 0 Å². The van der Waals surface area contributed by atoms with Crippen LogP contribution in [-0.4, -0.2) is 14.7 Å². The molecule has 2 atom stereocenters. The van der Waals surface area contributed by atoms with E-state index in [1.165, 1.54) is 0 Å². The van der Waals surface area contributed by atoms with Gasteiger partial charge in [-0.1, -0.05) is 110 Å². The molecule has 4 aromatic carbocycles. The highest BCUT2D eigenvalue weighted by Crippen LogP contribution is 2.43. The van der Waals surface area contributed by atoms with Crippen LogP contribution in [0.25, 0.3) is 0 Å². The van der Waals surface area contributed by atoms with Gasteiger partial charge in [0.15, 0.2) is 0 Å². The molecule has 1 N–H and O–H groups in total. The van der Waals surface area contributed by atoms with E-state index in [9.17, 15) is 5.11 Å². The van der Waals surface area contributed by atoms with Crippen molar-refractivity contribution in [1.29, 1.82) is 0 Å². The third kappa shape index (κ3) is 3.99. The lowest BCUT2D eigenvalue weighted by Gasteiger charge is -2.37. The second-order valence-electron chi connectivity index (χ2n) is 9.86.